The first kappa shape index (κ1) is 30.9. The zero-order valence-electron chi connectivity index (χ0n) is 23.9. The van der Waals surface area contributed by atoms with Gasteiger partial charge < -0.3 is 14.7 Å². The van der Waals surface area contributed by atoms with Crippen molar-refractivity contribution in [3.63, 3.8) is 0 Å². The molecule has 0 aromatic rings. The third kappa shape index (κ3) is 18.0. The first-order valence-corrected chi connectivity index (χ1v) is 13.2. The molecule has 0 aromatic heterocycles. The van der Waals surface area contributed by atoms with Crippen molar-refractivity contribution in [2.45, 2.75) is 102 Å². The molecule has 0 unspecified atom stereocenters. The molecule has 0 bridgehead atoms. The van der Waals surface area contributed by atoms with E-state index < -0.39 is 0 Å². The Hall–Kier alpha value is -0.120. The second-order valence-corrected chi connectivity index (χ2v) is 13.6. The van der Waals surface area contributed by atoms with E-state index in [0.29, 0.717) is 16.2 Å². The van der Waals surface area contributed by atoms with Crippen LogP contribution in [0.3, 0.4) is 0 Å². The van der Waals surface area contributed by atoms with E-state index >= 15 is 0 Å². The molecule has 1 fully saturated rings. The molecule has 0 radical (unpaired) electrons. The van der Waals surface area contributed by atoms with Gasteiger partial charge in [0.2, 0.25) is 0 Å². The SMILES string of the molecule is CC(C)CCN1CCN(CC(C)(C)C)CC1.CCN(CCC(C)(C)CC)CC(C)(C)C. The Balaban J connectivity index is 0.000000582. The van der Waals surface area contributed by atoms with Crippen LogP contribution < -0.4 is 0 Å². The summed E-state index contributed by atoms with van der Waals surface area (Å²) >= 11 is 0. The highest BCUT2D eigenvalue weighted by molar-refractivity contribution is 4.76. The Morgan fingerprint density at radius 3 is 1.68 bits per heavy atom. The normalized spacial score (nSPS) is 17.2. The molecule has 0 N–H and O–H groups in total. The average molecular weight is 440 g/mol. The maximum atomic E-state index is 2.62. The molecule has 3 nitrogen and oxygen atoms in total. The second kappa shape index (κ2) is 14.2. The molecule has 188 valence electrons. The van der Waals surface area contributed by atoms with Crippen LogP contribution in [0.5, 0.6) is 0 Å². The van der Waals surface area contributed by atoms with Crippen LogP contribution in [-0.4, -0.2) is 73.6 Å². The Morgan fingerprint density at radius 2 is 1.29 bits per heavy atom. The highest BCUT2D eigenvalue weighted by atomic mass is 15.3. The molecule has 1 aliphatic heterocycles. The first-order valence-electron chi connectivity index (χ1n) is 13.2. The van der Waals surface area contributed by atoms with Crippen LogP contribution in [0.15, 0.2) is 0 Å². The van der Waals surface area contributed by atoms with Gasteiger partial charge in [-0.3, -0.25) is 0 Å². The molecule has 0 aromatic carbocycles. The van der Waals surface area contributed by atoms with Crippen LogP contribution in [0.25, 0.3) is 0 Å². The van der Waals surface area contributed by atoms with E-state index in [4.69, 9.17) is 0 Å². The molecule has 0 aliphatic carbocycles. The summed E-state index contributed by atoms with van der Waals surface area (Å²) < 4.78 is 0. The molecular weight excluding hydrogens is 378 g/mol. The van der Waals surface area contributed by atoms with E-state index in [-0.39, 0.29) is 0 Å². The summed E-state index contributed by atoms with van der Waals surface area (Å²) in [6, 6.07) is 0. The second-order valence-electron chi connectivity index (χ2n) is 13.6. The van der Waals surface area contributed by atoms with E-state index in [2.05, 4.69) is 97.8 Å². The van der Waals surface area contributed by atoms with Crippen molar-refractivity contribution in [1.29, 1.82) is 0 Å². The zero-order chi connectivity index (χ0) is 24.3. The Bertz CT molecular complexity index is 434. The Kier molecular flexibility index (Phi) is 14.2. The Labute approximate surface area is 198 Å². The molecule has 1 rings (SSSR count). The fourth-order valence-corrected chi connectivity index (χ4v) is 3.94. The lowest BCUT2D eigenvalue weighted by Gasteiger charge is -2.38. The lowest BCUT2D eigenvalue weighted by atomic mass is 9.86. The van der Waals surface area contributed by atoms with Gasteiger partial charge in [-0.05, 0) is 54.6 Å². The van der Waals surface area contributed by atoms with Crippen LogP contribution in [0.1, 0.15) is 102 Å². The van der Waals surface area contributed by atoms with Gasteiger partial charge in [-0.2, -0.15) is 0 Å². The van der Waals surface area contributed by atoms with Crippen molar-refractivity contribution >= 4 is 0 Å². The van der Waals surface area contributed by atoms with Gasteiger partial charge in [0.15, 0.2) is 0 Å². The molecule has 0 spiro atoms. The number of rotatable bonds is 10. The lowest BCUT2D eigenvalue weighted by molar-refractivity contribution is 0.0996. The molecule has 31 heavy (non-hydrogen) atoms. The zero-order valence-corrected chi connectivity index (χ0v) is 23.9. The molecule has 3 heteroatoms. The standard InChI is InChI=1S/C14H30N2.C14H31N/c1-13(2)6-7-15-8-10-16(11-9-15)12-14(3,4)5;1-8-14(6,7)10-11-15(9-2)12-13(3,4)5/h13H,6-12H2,1-5H3;8-12H2,1-7H3. The van der Waals surface area contributed by atoms with Gasteiger partial charge >= 0.3 is 0 Å². The molecule has 1 saturated heterocycles. The molecule has 1 heterocycles. The number of nitrogens with zero attached hydrogens (tertiary/aromatic N) is 3. The largest absolute Gasteiger partial charge is 0.303 e. The van der Waals surface area contributed by atoms with Gasteiger partial charge in [-0.15, -0.1) is 0 Å². The molecule has 0 amide bonds. The summed E-state index contributed by atoms with van der Waals surface area (Å²) in [6.07, 6.45) is 3.94. The van der Waals surface area contributed by atoms with Crippen LogP contribution in [0, 0.1) is 22.2 Å². The molecular formula is C28H61N3. The monoisotopic (exact) mass is 439 g/mol. The fraction of sp³-hybridized carbons (Fsp3) is 1.00. The topological polar surface area (TPSA) is 9.72 Å². The van der Waals surface area contributed by atoms with Crippen LogP contribution in [-0.2, 0) is 0 Å². The predicted octanol–water partition coefficient (Wildman–Crippen LogP) is 6.88. The summed E-state index contributed by atoms with van der Waals surface area (Å²) in [5.74, 6) is 0.840. The van der Waals surface area contributed by atoms with Gasteiger partial charge in [0.1, 0.15) is 0 Å². The number of hydrogen-bond donors (Lipinski definition) is 0. The maximum absolute atomic E-state index is 2.62. The van der Waals surface area contributed by atoms with Crippen LogP contribution >= 0.6 is 0 Å². The van der Waals surface area contributed by atoms with E-state index in [1.807, 2.05) is 0 Å². The van der Waals surface area contributed by atoms with Crippen molar-refractivity contribution in [2.24, 2.45) is 22.2 Å². The molecule has 0 atom stereocenters. The van der Waals surface area contributed by atoms with Gasteiger partial charge in [0, 0.05) is 39.3 Å². The summed E-state index contributed by atoms with van der Waals surface area (Å²) in [7, 11) is 0. The quantitative estimate of drug-likeness (QED) is 0.367. The van der Waals surface area contributed by atoms with Crippen molar-refractivity contribution in [2.75, 3.05) is 58.9 Å². The van der Waals surface area contributed by atoms with Gasteiger partial charge in [-0.25, -0.2) is 0 Å². The van der Waals surface area contributed by atoms with Crippen molar-refractivity contribution in [3.05, 3.63) is 0 Å². The smallest absolute Gasteiger partial charge is 0.0110 e. The van der Waals surface area contributed by atoms with Gasteiger partial charge in [-0.1, -0.05) is 89.5 Å². The minimum atomic E-state index is 0.423. The third-order valence-corrected chi connectivity index (χ3v) is 6.39. The molecule has 1 aliphatic rings. The van der Waals surface area contributed by atoms with Crippen LogP contribution in [0.2, 0.25) is 0 Å². The van der Waals surface area contributed by atoms with Gasteiger partial charge in [0.25, 0.3) is 0 Å². The third-order valence-electron chi connectivity index (χ3n) is 6.39. The summed E-state index contributed by atoms with van der Waals surface area (Å²) in [6.45, 7) is 39.1. The van der Waals surface area contributed by atoms with E-state index in [9.17, 15) is 0 Å². The van der Waals surface area contributed by atoms with Crippen molar-refractivity contribution < 1.29 is 0 Å². The summed E-state index contributed by atoms with van der Waals surface area (Å²) in [4.78, 5) is 7.82. The summed E-state index contributed by atoms with van der Waals surface area (Å²) in [5, 5.41) is 0. The average Bonchev–Trinajstić information content (AvgIpc) is 2.63. The predicted molar refractivity (Wildman–Crippen MR) is 142 cm³/mol. The minimum Gasteiger partial charge on any atom is -0.303 e. The van der Waals surface area contributed by atoms with Crippen molar-refractivity contribution in [3.8, 4) is 0 Å². The highest BCUT2D eigenvalue weighted by Gasteiger charge is 2.21. The summed E-state index contributed by atoms with van der Waals surface area (Å²) in [5.41, 5.74) is 1.37. The number of hydrogen-bond acceptors (Lipinski definition) is 3. The molecule has 0 saturated carbocycles. The first-order chi connectivity index (χ1) is 14.1. The Morgan fingerprint density at radius 1 is 0.774 bits per heavy atom. The van der Waals surface area contributed by atoms with E-state index in [0.717, 1.165) is 5.92 Å². The highest BCUT2D eigenvalue weighted by Crippen LogP contribution is 2.25. The fourth-order valence-electron chi connectivity index (χ4n) is 3.94. The van der Waals surface area contributed by atoms with E-state index in [1.165, 1.54) is 78.2 Å². The maximum Gasteiger partial charge on any atom is 0.0110 e. The van der Waals surface area contributed by atoms with E-state index in [1.54, 1.807) is 0 Å². The van der Waals surface area contributed by atoms with Crippen LogP contribution in [0.4, 0.5) is 0 Å². The lowest BCUT2D eigenvalue weighted by Crippen LogP contribution is -2.48. The van der Waals surface area contributed by atoms with Gasteiger partial charge in [0.05, 0.1) is 0 Å². The van der Waals surface area contributed by atoms with Crippen molar-refractivity contribution in [1.82, 2.24) is 14.7 Å². The number of piperazine rings is 1. The minimum absolute atomic E-state index is 0.423.